The van der Waals surface area contributed by atoms with Gasteiger partial charge in [0.05, 0.1) is 28.9 Å². The second kappa shape index (κ2) is 7.91. The maximum atomic E-state index is 13.2. The first-order chi connectivity index (χ1) is 14.1. The molecule has 1 aliphatic carbocycles. The normalized spacial score (nSPS) is 20.4. The van der Waals surface area contributed by atoms with E-state index < -0.39 is 5.41 Å². The maximum Gasteiger partial charge on any atom is 0.257 e. The number of nitriles is 1. The highest BCUT2D eigenvalue weighted by Crippen LogP contribution is 2.41. The van der Waals surface area contributed by atoms with Gasteiger partial charge in [-0.05, 0) is 12.8 Å². The molecule has 9 heteroatoms. The van der Waals surface area contributed by atoms with Crippen molar-refractivity contribution in [3.63, 3.8) is 0 Å². The Kier molecular flexibility index (Phi) is 5.16. The third-order valence-corrected chi connectivity index (χ3v) is 5.70. The van der Waals surface area contributed by atoms with Crippen molar-refractivity contribution in [2.45, 2.75) is 38.1 Å². The quantitative estimate of drug-likeness (QED) is 0.741. The van der Waals surface area contributed by atoms with Gasteiger partial charge in [0.2, 0.25) is 11.7 Å². The van der Waals surface area contributed by atoms with E-state index in [9.17, 15) is 9.59 Å². The van der Waals surface area contributed by atoms with Crippen molar-refractivity contribution in [2.75, 3.05) is 13.1 Å². The van der Waals surface area contributed by atoms with Crippen LogP contribution in [0, 0.1) is 16.7 Å². The number of nitrogens with zero attached hydrogens (tertiary/aromatic N) is 4. The van der Waals surface area contributed by atoms with Gasteiger partial charge in [0.15, 0.2) is 0 Å². The molecule has 4 rings (SSSR count). The Morgan fingerprint density at radius 3 is 2.93 bits per heavy atom. The van der Waals surface area contributed by atoms with E-state index in [1.807, 2.05) is 18.2 Å². The van der Waals surface area contributed by atoms with Crippen molar-refractivity contribution in [3.8, 4) is 6.07 Å². The van der Waals surface area contributed by atoms with E-state index in [1.54, 1.807) is 11.1 Å². The molecule has 2 amide bonds. The Labute approximate surface area is 167 Å². The molecule has 150 valence electrons. The molecule has 2 N–H and O–H groups in total. The number of aromatic nitrogens is 3. The number of carbonyl (C=O) groups excluding carboxylic acids is 2. The Hall–Kier alpha value is -3.41. The first kappa shape index (κ1) is 18.9. The van der Waals surface area contributed by atoms with Crippen LogP contribution in [0.4, 0.5) is 0 Å². The van der Waals surface area contributed by atoms with Crippen molar-refractivity contribution in [3.05, 3.63) is 47.7 Å². The van der Waals surface area contributed by atoms with Gasteiger partial charge in [-0.15, -0.1) is 0 Å². The van der Waals surface area contributed by atoms with E-state index in [0.29, 0.717) is 25.1 Å². The minimum atomic E-state index is -0.483. The lowest BCUT2D eigenvalue weighted by molar-refractivity contribution is -0.131. The SMILES string of the molecule is N#Cc1cc(C(=O)N2CC=CC(NC(=O)C3(Cc4cn[nH]n4)CCCC3)C2)co1. The number of furan rings is 1. The third kappa shape index (κ3) is 3.92. The van der Waals surface area contributed by atoms with Crippen LogP contribution in [-0.4, -0.2) is 51.3 Å². The number of hydrogen-bond acceptors (Lipinski definition) is 6. The summed E-state index contributed by atoms with van der Waals surface area (Å²) in [6.07, 6.45) is 11.0. The molecule has 0 spiro atoms. The average molecular weight is 394 g/mol. The topological polar surface area (TPSA) is 128 Å². The van der Waals surface area contributed by atoms with Gasteiger partial charge in [-0.3, -0.25) is 9.59 Å². The number of H-pyrrole nitrogens is 1. The third-order valence-electron chi connectivity index (χ3n) is 5.70. The zero-order valence-corrected chi connectivity index (χ0v) is 15.9. The number of nitrogens with one attached hydrogen (secondary N) is 2. The van der Waals surface area contributed by atoms with Gasteiger partial charge in [-0.1, -0.05) is 25.0 Å². The standard InChI is InChI=1S/C20H22N6O3/c21-10-17-8-14(13-29-17)18(27)26-7-3-4-15(12-26)23-19(28)20(5-1-2-6-20)9-16-11-22-25-24-16/h3-4,8,11,13,15H,1-2,5-7,9,12H2,(H,23,28)(H,22,24,25). The lowest BCUT2D eigenvalue weighted by Crippen LogP contribution is -2.51. The van der Waals surface area contributed by atoms with Crippen molar-refractivity contribution >= 4 is 11.8 Å². The molecule has 1 atom stereocenters. The molecule has 1 aliphatic heterocycles. The van der Waals surface area contributed by atoms with E-state index in [4.69, 9.17) is 9.68 Å². The second-order valence-corrected chi connectivity index (χ2v) is 7.66. The van der Waals surface area contributed by atoms with E-state index in [2.05, 4.69) is 20.7 Å². The number of hydrogen-bond donors (Lipinski definition) is 2. The van der Waals surface area contributed by atoms with Crippen LogP contribution in [0.15, 0.2) is 35.1 Å². The van der Waals surface area contributed by atoms with E-state index in [1.165, 1.54) is 12.3 Å². The average Bonchev–Trinajstić information content (AvgIpc) is 3.50. The van der Waals surface area contributed by atoms with Gasteiger partial charge in [0.25, 0.3) is 5.91 Å². The summed E-state index contributed by atoms with van der Waals surface area (Å²) in [5.74, 6) is -0.129. The molecule has 29 heavy (non-hydrogen) atoms. The zero-order chi connectivity index (χ0) is 20.3. The summed E-state index contributed by atoms with van der Waals surface area (Å²) in [7, 11) is 0. The summed E-state index contributed by atoms with van der Waals surface area (Å²) < 4.78 is 5.04. The first-order valence-electron chi connectivity index (χ1n) is 9.70. The summed E-state index contributed by atoms with van der Waals surface area (Å²) in [6.45, 7) is 0.816. The van der Waals surface area contributed by atoms with E-state index in [0.717, 1.165) is 31.4 Å². The molecule has 2 aromatic heterocycles. The minimum absolute atomic E-state index is 0.00275. The predicted molar refractivity (Wildman–Crippen MR) is 101 cm³/mol. The summed E-state index contributed by atoms with van der Waals surface area (Å²) in [5, 5.41) is 22.5. The molecule has 2 aliphatic rings. The lowest BCUT2D eigenvalue weighted by atomic mass is 9.80. The molecule has 1 fully saturated rings. The smallest absolute Gasteiger partial charge is 0.257 e. The highest BCUT2D eigenvalue weighted by Gasteiger charge is 2.42. The highest BCUT2D eigenvalue weighted by atomic mass is 16.3. The van der Waals surface area contributed by atoms with Crippen molar-refractivity contribution < 1.29 is 14.0 Å². The van der Waals surface area contributed by atoms with Gasteiger partial charge in [-0.2, -0.15) is 20.7 Å². The predicted octanol–water partition coefficient (Wildman–Crippen LogP) is 1.57. The van der Waals surface area contributed by atoms with Gasteiger partial charge < -0.3 is 14.6 Å². The molecular formula is C20H22N6O3. The molecule has 1 saturated carbocycles. The number of amides is 2. The summed E-state index contributed by atoms with van der Waals surface area (Å²) in [4.78, 5) is 27.5. The van der Waals surface area contributed by atoms with Crippen molar-refractivity contribution in [1.82, 2.24) is 25.6 Å². The fourth-order valence-corrected chi connectivity index (χ4v) is 4.19. The number of rotatable bonds is 5. The molecule has 3 heterocycles. The molecule has 0 radical (unpaired) electrons. The maximum absolute atomic E-state index is 13.2. The second-order valence-electron chi connectivity index (χ2n) is 7.66. The van der Waals surface area contributed by atoms with Crippen LogP contribution in [0.1, 0.15) is 47.5 Å². The molecule has 0 saturated heterocycles. The van der Waals surface area contributed by atoms with Gasteiger partial charge in [0.1, 0.15) is 12.3 Å². The van der Waals surface area contributed by atoms with Crippen LogP contribution in [0.5, 0.6) is 0 Å². The number of aromatic amines is 1. The fourth-order valence-electron chi connectivity index (χ4n) is 4.19. The summed E-state index contributed by atoms with van der Waals surface area (Å²) in [5.41, 5.74) is 0.634. The number of carbonyl (C=O) groups is 2. The molecule has 1 unspecified atom stereocenters. The molecule has 0 aromatic carbocycles. The van der Waals surface area contributed by atoms with Crippen molar-refractivity contribution in [1.29, 1.82) is 5.26 Å². The monoisotopic (exact) mass is 394 g/mol. The molecule has 2 aromatic rings. The fraction of sp³-hybridized carbons (Fsp3) is 0.450. The summed E-state index contributed by atoms with van der Waals surface area (Å²) in [6, 6.07) is 3.04. The Morgan fingerprint density at radius 1 is 1.41 bits per heavy atom. The molecule has 9 nitrogen and oxygen atoms in total. The molecular weight excluding hydrogens is 372 g/mol. The Morgan fingerprint density at radius 2 is 2.24 bits per heavy atom. The van der Waals surface area contributed by atoms with Crippen LogP contribution in [0.3, 0.4) is 0 Å². The highest BCUT2D eigenvalue weighted by molar-refractivity contribution is 5.94. The van der Waals surface area contributed by atoms with E-state index in [-0.39, 0.29) is 23.6 Å². The van der Waals surface area contributed by atoms with Crippen LogP contribution in [0.25, 0.3) is 0 Å². The minimum Gasteiger partial charge on any atom is -0.453 e. The van der Waals surface area contributed by atoms with Crippen molar-refractivity contribution in [2.24, 2.45) is 5.41 Å². The zero-order valence-electron chi connectivity index (χ0n) is 15.9. The van der Waals surface area contributed by atoms with E-state index >= 15 is 0 Å². The summed E-state index contributed by atoms with van der Waals surface area (Å²) >= 11 is 0. The Bertz CT molecular complexity index is 949. The largest absolute Gasteiger partial charge is 0.453 e. The van der Waals surface area contributed by atoms with Gasteiger partial charge >= 0.3 is 0 Å². The molecule has 0 bridgehead atoms. The first-order valence-corrected chi connectivity index (χ1v) is 9.70. The van der Waals surface area contributed by atoms with Crippen LogP contribution < -0.4 is 5.32 Å². The van der Waals surface area contributed by atoms with Crippen LogP contribution in [-0.2, 0) is 11.2 Å². The Balaban J connectivity index is 1.42. The van der Waals surface area contributed by atoms with Crippen LogP contribution in [0.2, 0.25) is 0 Å². The van der Waals surface area contributed by atoms with Gasteiger partial charge in [-0.25, -0.2) is 0 Å². The van der Waals surface area contributed by atoms with Gasteiger partial charge in [0, 0.05) is 25.6 Å². The lowest BCUT2D eigenvalue weighted by Gasteiger charge is -2.33. The van der Waals surface area contributed by atoms with Crippen LogP contribution >= 0.6 is 0 Å².